The molecule has 0 bridgehead atoms. The highest BCUT2D eigenvalue weighted by Crippen LogP contribution is 2.58. The summed E-state index contributed by atoms with van der Waals surface area (Å²) in [5.74, 6) is 4.21. The van der Waals surface area contributed by atoms with Crippen molar-refractivity contribution in [3.05, 3.63) is 0 Å². The van der Waals surface area contributed by atoms with Crippen LogP contribution in [0.3, 0.4) is 0 Å². The van der Waals surface area contributed by atoms with Crippen LogP contribution in [0.1, 0.15) is 60.8 Å². The van der Waals surface area contributed by atoms with Gasteiger partial charge >= 0.3 is 11.9 Å². The summed E-state index contributed by atoms with van der Waals surface area (Å²) >= 11 is 0. The van der Waals surface area contributed by atoms with Crippen LogP contribution in [0.4, 0.5) is 0 Å². The third kappa shape index (κ3) is 5.36. The van der Waals surface area contributed by atoms with Crippen molar-refractivity contribution in [2.75, 3.05) is 6.61 Å². The average molecular weight is 308 g/mol. The Morgan fingerprint density at radius 1 is 1.18 bits per heavy atom. The van der Waals surface area contributed by atoms with Gasteiger partial charge in [0.05, 0.1) is 12.5 Å². The van der Waals surface area contributed by atoms with Crippen molar-refractivity contribution in [3.63, 3.8) is 0 Å². The molecule has 1 saturated carbocycles. The summed E-state index contributed by atoms with van der Waals surface area (Å²) in [4.78, 5) is 23.7. The van der Waals surface area contributed by atoms with Gasteiger partial charge in [-0.05, 0) is 32.6 Å². The van der Waals surface area contributed by atoms with E-state index in [1.54, 1.807) is 0 Å². The summed E-state index contributed by atoms with van der Waals surface area (Å²) in [6.07, 6.45) is 2.98. The summed E-state index contributed by atoms with van der Waals surface area (Å²) in [6.45, 7) is 12.0. The van der Waals surface area contributed by atoms with Crippen LogP contribution in [0.25, 0.3) is 0 Å². The molecule has 0 aromatic rings. The Morgan fingerprint density at radius 3 is 2.36 bits per heavy atom. The molecule has 0 unspecified atom stereocenters. The Kier molecular flexibility index (Phi) is 6.05. The second-order valence-electron chi connectivity index (χ2n) is 7.42. The van der Waals surface area contributed by atoms with Gasteiger partial charge in [-0.1, -0.05) is 39.5 Å². The van der Waals surface area contributed by atoms with Crippen LogP contribution >= 0.6 is 0 Å². The van der Waals surface area contributed by atoms with E-state index >= 15 is 0 Å². The Hall–Kier alpha value is -1.50. The molecule has 0 aliphatic heterocycles. The molecule has 1 aliphatic rings. The van der Waals surface area contributed by atoms with Gasteiger partial charge in [-0.2, -0.15) is 0 Å². The van der Waals surface area contributed by atoms with Crippen LogP contribution in [0.15, 0.2) is 0 Å². The molecule has 1 rings (SSSR count). The monoisotopic (exact) mass is 308 g/mol. The first-order chi connectivity index (χ1) is 10.1. The number of carbonyl (C=O) groups excluding carboxylic acids is 2. The van der Waals surface area contributed by atoms with Crippen molar-refractivity contribution in [2.24, 2.45) is 17.3 Å². The Bertz CT molecular complexity index is 474. The normalized spacial score (nSPS) is 22.3. The molecule has 0 aromatic carbocycles. The molecule has 1 aliphatic carbocycles. The Morgan fingerprint density at radius 2 is 1.82 bits per heavy atom. The molecule has 22 heavy (non-hydrogen) atoms. The van der Waals surface area contributed by atoms with Crippen molar-refractivity contribution in [2.45, 2.75) is 66.4 Å². The lowest BCUT2D eigenvalue weighted by Crippen LogP contribution is -2.26. The topological polar surface area (TPSA) is 52.6 Å². The van der Waals surface area contributed by atoms with Gasteiger partial charge in [0.2, 0.25) is 0 Å². The Balaban J connectivity index is 2.51. The van der Waals surface area contributed by atoms with E-state index in [9.17, 15) is 9.59 Å². The lowest BCUT2D eigenvalue weighted by molar-refractivity contribution is -0.157. The van der Waals surface area contributed by atoms with Crippen molar-refractivity contribution >= 4 is 11.9 Å². The maximum Gasteiger partial charge on any atom is 0.384 e. The molecule has 2 atom stereocenters. The largest absolute Gasteiger partial charge is 0.460 e. The predicted molar refractivity (Wildman–Crippen MR) is 84.9 cm³/mol. The van der Waals surface area contributed by atoms with Gasteiger partial charge in [0, 0.05) is 11.8 Å². The maximum atomic E-state index is 12.1. The number of rotatable bonds is 5. The number of ether oxygens (including phenoxy) is 2. The van der Waals surface area contributed by atoms with Crippen molar-refractivity contribution in [1.82, 2.24) is 0 Å². The molecule has 0 amide bonds. The third-order valence-corrected chi connectivity index (χ3v) is 3.80. The molecule has 4 heteroatoms. The van der Waals surface area contributed by atoms with Gasteiger partial charge in [0.15, 0.2) is 0 Å². The van der Waals surface area contributed by atoms with Gasteiger partial charge < -0.3 is 9.47 Å². The molecular weight excluding hydrogens is 280 g/mol. The van der Waals surface area contributed by atoms with E-state index in [2.05, 4.69) is 18.8 Å². The number of hydrogen-bond donors (Lipinski definition) is 0. The van der Waals surface area contributed by atoms with E-state index in [-0.39, 0.29) is 23.2 Å². The first-order valence-corrected chi connectivity index (χ1v) is 8.00. The van der Waals surface area contributed by atoms with Gasteiger partial charge in [-0.25, -0.2) is 4.79 Å². The highest BCUT2D eigenvalue weighted by atomic mass is 16.6. The first kappa shape index (κ1) is 18.5. The van der Waals surface area contributed by atoms with Gasteiger partial charge in [-0.15, -0.1) is 0 Å². The smallest absolute Gasteiger partial charge is 0.384 e. The molecular formula is C18H28O4. The number of esters is 2. The zero-order chi connectivity index (χ0) is 17.0. The minimum absolute atomic E-state index is 0.148. The summed E-state index contributed by atoms with van der Waals surface area (Å²) in [7, 11) is 0. The number of unbranched alkanes of at least 4 members (excludes halogenated alkanes) is 2. The van der Waals surface area contributed by atoms with Crippen LogP contribution < -0.4 is 0 Å². The number of hydrogen-bond acceptors (Lipinski definition) is 4. The minimum Gasteiger partial charge on any atom is -0.460 e. The fourth-order valence-corrected chi connectivity index (χ4v) is 2.40. The fourth-order valence-electron chi connectivity index (χ4n) is 2.40. The molecule has 1 fully saturated rings. The summed E-state index contributed by atoms with van der Waals surface area (Å²) in [5.41, 5.74) is -0.760. The zero-order valence-electron chi connectivity index (χ0n) is 14.6. The second-order valence-corrected chi connectivity index (χ2v) is 7.42. The van der Waals surface area contributed by atoms with Crippen molar-refractivity contribution in [1.29, 1.82) is 0 Å². The van der Waals surface area contributed by atoms with Gasteiger partial charge in [0.1, 0.15) is 5.60 Å². The van der Waals surface area contributed by atoms with Crippen LogP contribution in [0, 0.1) is 29.1 Å². The standard InChI is InChI=1S/C18H28O4/c1-7-8-9-12-21-14(19)11-10-13-15(18(13,5)6)16(20)22-17(2,3)4/h13,15H,7-9,12H2,1-6H3/t13-,15-/m0/s1. The maximum absolute atomic E-state index is 12.1. The highest BCUT2D eigenvalue weighted by Gasteiger charge is 2.62. The zero-order valence-corrected chi connectivity index (χ0v) is 14.6. The quantitative estimate of drug-likeness (QED) is 0.338. The van der Waals surface area contributed by atoms with E-state index in [4.69, 9.17) is 9.47 Å². The summed E-state index contributed by atoms with van der Waals surface area (Å²) in [5, 5.41) is 0. The van der Waals surface area contributed by atoms with Crippen molar-refractivity contribution < 1.29 is 19.1 Å². The predicted octanol–water partition coefficient (Wildman–Crippen LogP) is 3.34. The van der Waals surface area contributed by atoms with Crippen LogP contribution in [0.2, 0.25) is 0 Å². The first-order valence-electron chi connectivity index (χ1n) is 8.00. The summed E-state index contributed by atoms with van der Waals surface area (Å²) < 4.78 is 10.4. The number of carbonyl (C=O) groups is 2. The molecule has 0 aromatic heterocycles. The average Bonchev–Trinajstić information content (AvgIpc) is 2.92. The SMILES string of the molecule is CCCCCOC(=O)C#C[C@H]1[C@@H](C(=O)OC(C)(C)C)C1(C)C. The molecule has 0 heterocycles. The van der Waals surface area contributed by atoms with Gasteiger partial charge in [-0.3, -0.25) is 4.79 Å². The Labute approximate surface area is 133 Å². The molecule has 124 valence electrons. The van der Waals surface area contributed by atoms with Crippen LogP contribution in [-0.4, -0.2) is 24.1 Å². The lowest BCUT2D eigenvalue weighted by atomic mass is 10.1. The molecule has 0 saturated heterocycles. The third-order valence-electron chi connectivity index (χ3n) is 3.80. The minimum atomic E-state index is -0.512. The molecule has 0 radical (unpaired) electrons. The highest BCUT2D eigenvalue weighted by molar-refractivity contribution is 5.89. The summed E-state index contributed by atoms with van der Waals surface area (Å²) in [6, 6.07) is 0. The molecule has 0 spiro atoms. The van der Waals surface area contributed by atoms with Crippen molar-refractivity contribution in [3.8, 4) is 11.8 Å². The lowest BCUT2D eigenvalue weighted by Gasteiger charge is -2.19. The van der Waals surface area contributed by atoms with E-state index in [1.807, 2.05) is 34.6 Å². The van der Waals surface area contributed by atoms with Crippen LogP contribution in [-0.2, 0) is 19.1 Å². The molecule has 0 N–H and O–H groups in total. The van der Waals surface area contributed by atoms with E-state index in [0.29, 0.717) is 6.61 Å². The fraction of sp³-hybridized carbons (Fsp3) is 0.778. The molecule has 4 nitrogen and oxygen atoms in total. The van der Waals surface area contributed by atoms with Crippen LogP contribution in [0.5, 0.6) is 0 Å². The van der Waals surface area contributed by atoms with Gasteiger partial charge in [0.25, 0.3) is 0 Å². The van der Waals surface area contributed by atoms with E-state index in [0.717, 1.165) is 19.3 Å². The second kappa shape index (κ2) is 7.17. The van der Waals surface area contributed by atoms with E-state index < -0.39 is 11.6 Å². The van der Waals surface area contributed by atoms with E-state index in [1.165, 1.54) is 0 Å².